The van der Waals surface area contributed by atoms with Crippen molar-refractivity contribution in [1.29, 1.82) is 0 Å². The number of amides is 1. The fourth-order valence-electron chi connectivity index (χ4n) is 2.35. The van der Waals surface area contributed by atoms with Crippen molar-refractivity contribution in [3.05, 3.63) is 38.9 Å². The number of nitro groups is 1. The Balaban J connectivity index is 2.07. The number of halogens is 1. The van der Waals surface area contributed by atoms with Gasteiger partial charge < -0.3 is 10.2 Å². The predicted octanol–water partition coefficient (Wildman–Crippen LogP) is 2.07. The van der Waals surface area contributed by atoms with E-state index in [9.17, 15) is 14.9 Å². The van der Waals surface area contributed by atoms with E-state index in [1.54, 1.807) is 0 Å². The van der Waals surface area contributed by atoms with Crippen molar-refractivity contribution in [1.82, 2.24) is 10.2 Å². The maximum Gasteiger partial charge on any atom is 0.270 e. The van der Waals surface area contributed by atoms with E-state index in [-0.39, 0.29) is 28.2 Å². The number of nitro benzene ring substituents is 1. The van der Waals surface area contributed by atoms with Gasteiger partial charge in [-0.3, -0.25) is 14.9 Å². The Morgan fingerprint density at radius 1 is 1.55 bits per heavy atom. The molecule has 1 amide bonds. The minimum absolute atomic E-state index is 0.0903. The van der Waals surface area contributed by atoms with Crippen LogP contribution in [0.2, 0.25) is 5.02 Å². The molecule has 1 unspecified atom stereocenters. The van der Waals surface area contributed by atoms with Gasteiger partial charge in [0.1, 0.15) is 0 Å². The normalized spacial score (nSPS) is 19.6. The highest BCUT2D eigenvalue weighted by atomic mass is 35.5. The van der Waals surface area contributed by atoms with Crippen molar-refractivity contribution in [2.24, 2.45) is 0 Å². The van der Waals surface area contributed by atoms with Crippen molar-refractivity contribution in [2.45, 2.75) is 18.9 Å². The number of non-ortho nitro benzene ring substituents is 1. The molecule has 7 heteroatoms. The third kappa shape index (κ3) is 3.46. The van der Waals surface area contributed by atoms with E-state index < -0.39 is 4.92 Å². The van der Waals surface area contributed by atoms with E-state index in [1.165, 1.54) is 18.2 Å². The predicted molar refractivity (Wildman–Crippen MR) is 76.1 cm³/mol. The zero-order valence-corrected chi connectivity index (χ0v) is 11.9. The number of nitrogens with one attached hydrogen (secondary N) is 1. The second kappa shape index (κ2) is 6.19. The number of hydrogen-bond donors (Lipinski definition) is 1. The van der Waals surface area contributed by atoms with Crippen LogP contribution in [0.25, 0.3) is 0 Å². The molecule has 1 fully saturated rings. The summed E-state index contributed by atoms with van der Waals surface area (Å²) in [5.41, 5.74) is 0.148. The Kier molecular flexibility index (Phi) is 4.57. The molecule has 0 aliphatic carbocycles. The zero-order valence-electron chi connectivity index (χ0n) is 11.1. The fourth-order valence-corrected chi connectivity index (χ4v) is 2.61. The average Bonchev–Trinajstić information content (AvgIpc) is 2.38. The number of likely N-dealkylation sites (N-methyl/N-ethyl adjacent to an activating group) is 1. The van der Waals surface area contributed by atoms with E-state index >= 15 is 0 Å². The zero-order chi connectivity index (χ0) is 14.7. The van der Waals surface area contributed by atoms with Crippen LogP contribution in [0.4, 0.5) is 5.69 Å². The summed E-state index contributed by atoms with van der Waals surface area (Å²) < 4.78 is 0. The first-order chi connectivity index (χ1) is 9.47. The number of hydrogen-bond acceptors (Lipinski definition) is 4. The van der Waals surface area contributed by atoms with E-state index in [0.717, 1.165) is 25.9 Å². The quantitative estimate of drug-likeness (QED) is 0.684. The number of rotatable bonds is 3. The first-order valence-corrected chi connectivity index (χ1v) is 6.78. The van der Waals surface area contributed by atoms with Crippen molar-refractivity contribution < 1.29 is 9.72 Å². The first kappa shape index (κ1) is 14.7. The number of carbonyl (C=O) groups is 1. The molecule has 0 radical (unpaired) electrons. The van der Waals surface area contributed by atoms with Crippen LogP contribution >= 0.6 is 11.6 Å². The Morgan fingerprint density at radius 2 is 2.30 bits per heavy atom. The third-order valence-corrected chi connectivity index (χ3v) is 3.68. The highest BCUT2D eigenvalue weighted by molar-refractivity contribution is 6.34. The number of nitrogens with zero attached hydrogens (tertiary/aromatic N) is 2. The molecular weight excluding hydrogens is 282 g/mol. The summed E-state index contributed by atoms with van der Waals surface area (Å²) in [4.78, 5) is 24.4. The van der Waals surface area contributed by atoms with Gasteiger partial charge in [-0.15, -0.1) is 0 Å². The lowest BCUT2D eigenvalue weighted by atomic mass is 10.1. The number of carbonyl (C=O) groups excluding carboxylic acids is 1. The van der Waals surface area contributed by atoms with Crippen LogP contribution in [0.3, 0.4) is 0 Å². The SMILES string of the molecule is CN1CCCC(NC(=O)c2ccc([N+](=O)[O-])cc2Cl)C1. The molecule has 20 heavy (non-hydrogen) atoms. The molecule has 1 saturated heterocycles. The second-order valence-electron chi connectivity index (χ2n) is 5.00. The summed E-state index contributed by atoms with van der Waals surface area (Å²) >= 11 is 5.94. The van der Waals surface area contributed by atoms with Gasteiger partial charge in [0, 0.05) is 24.7 Å². The van der Waals surface area contributed by atoms with Crippen molar-refractivity contribution in [3.63, 3.8) is 0 Å². The minimum Gasteiger partial charge on any atom is -0.348 e. The van der Waals surface area contributed by atoms with Gasteiger partial charge in [-0.1, -0.05) is 11.6 Å². The molecule has 2 rings (SSSR count). The lowest BCUT2D eigenvalue weighted by Crippen LogP contribution is -2.46. The molecule has 1 aromatic rings. The minimum atomic E-state index is -0.538. The molecule has 1 heterocycles. The summed E-state index contributed by atoms with van der Waals surface area (Å²) in [5, 5.41) is 13.6. The van der Waals surface area contributed by atoms with Crippen LogP contribution in [0.5, 0.6) is 0 Å². The van der Waals surface area contributed by atoms with Crippen LogP contribution in [0, 0.1) is 10.1 Å². The number of piperidine rings is 1. The van der Waals surface area contributed by atoms with E-state index in [2.05, 4.69) is 10.2 Å². The van der Waals surface area contributed by atoms with Gasteiger partial charge in [0.25, 0.3) is 11.6 Å². The number of likely N-dealkylation sites (tertiary alicyclic amines) is 1. The molecule has 1 aliphatic rings. The smallest absolute Gasteiger partial charge is 0.270 e. The van der Waals surface area contributed by atoms with Crippen LogP contribution in [-0.4, -0.2) is 41.9 Å². The summed E-state index contributed by atoms with van der Waals surface area (Å²) in [6, 6.07) is 3.96. The molecular formula is C13H16ClN3O3. The Morgan fingerprint density at radius 3 is 2.90 bits per heavy atom. The van der Waals surface area contributed by atoms with Gasteiger partial charge in [0.15, 0.2) is 0 Å². The summed E-state index contributed by atoms with van der Waals surface area (Å²) in [5.74, 6) is -0.287. The standard InChI is InChI=1S/C13H16ClN3O3/c1-16-6-2-3-9(8-16)15-13(18)11-5-4-10(17(19)20)7-12(11)14/h4-5,7,9H,2-3,6,8H2,1H3,(H,15,18). The van der Waals surface area contributed by atoms with Gasteiger partial charge >= 0.3 is 0 Å². The van der Waals surface area contributed by atoms with Crippen LogP contribution in [0.1, 0.15) is 23.2 Å². The van der Waals surface area contributed by atoms with Crippen LogP contribution in [-0.2, 0) is 0 Å². The lowest BCUT2D eigenvalue weighted by Gasteiger charge is -2.30. The highest BCUT2D eigenvalue weighted by Crippen LogP contribution is 2.22. The Bertz CT molecular complexity index is 536. The Labute approximate surface area is 121 Å². The molecule has 1 atom stereocenters. The fraction of sp³-hybridized carbons (Fsp3) is 0.462. The topological polar surface area (TPSA) is 75.5 Å². The van der Waals surface area contributed by atoms with E-state index in [4.69, 9.17) is 11.6 Å². The number of benzene rings is 1. The van der Waals surface area contributed by atoms with Gasteiger partial charge in [-0.2, -0.15) is 0 Å². The van der Waals surface area contributed by atoms with Gasteiger partial charge in [0.05, 0.1) is 15.5 Å². The average molecular weight is 298 g/mol. The van der Waals surface area contributed by atoms with E-state index in [1.807, 2.05) is 7.05 Å². The highest BCUT2D eigenvalue weighted by Gasteiger charge is 2.21. The third-order valence-electron chi connectivity index (χ3n) is 3.37. The summed E-state index contributed by atoms with van der Waals surface area (Å²) in [6.45, 7) is 1.83. The molecule has 1 N–H and O–H groups in total. The molecule has 0 saturated carbocycles. The first-order valence-electron chi connectivity index (χ1n) is 6.40. The molecule has 6 nitrogen and oxygen atoms in total. The maximum atomic E-state index is 12.1. The molecule has 1 aliphatic heterocycles. The van der Waals surface area contributed by atoms with E-state index in [0.29, 0.717) is 0 Å². The van der Waals surface area contributed by atoms with Gasteiger partial charge in [0.2, 0.25) is 0 Å². The maximum absolute atomic E-state index is 12.1. The lowest BCUT2D eigenvalue weighted by molar-refractivity contribution is -0.384. The summed E-state index contributed by atoms with van der Waals surface area (Å²) in [7, 11) is 2.01. The van der Waals surface area contributed by atoms with Crippen LogP contribution < -0.4 is 5.32 Å². The second-order valence-corrected chi connectivity index (χ2v) is 5.40. The van der Waals surface area contributed by atoms with Crippen molar-refractivity contribution >= 4 is 23.2 Å². The molecule has 0 bridgehead atoms. The monoisotopic (exact) mass is 297 g/mol. The Hall–Kier alpha value is -1.66. The molecule has 0 spiro atoms. The van der Waals surface area contributed by atoms with Gasteiger partial charge in [-0.05, 0) is 32.5 Å². The largest absolute Gasteiger partial charge is 0.348 e. The molecule has 1 aromatic carbocycles. The van der Waals surface area contributed by atoms with Crippen molar-refractivity contribution in [2.75, 3.05) is 20.1 Å². The van der Waals surface area contributed by atoms with Crippen molar-refractivity contribution in [3.8, 4) is 0 Å². The molecule has 108 valence electrons. The summed E-state index contributed by atoms with van der Waals surface area (Å²) in [6.07, 6.45) is 1.97. The molecule has 0 aromatic heterocycles. The van der Waals surface area contributed by atoms with Crippen LogP contribution in [0.15, 0.2) is 18.2 Å². The van der Waals surface area contributed by atoms with Gasteiger partial charge in [-0.25, -0.2) is 0 Å².